The lowest BCUT2D eigenvalue weighted by molar-refractivity contribution is 0.0737. The fraction of sp³-hybridized carbons (Fsp3) is 0.500. The highest BCUT2D eigenvalue weighted by Crippen LogP contribution is 2.37. The molecule has 0 bridgehead atoms. The van der Waals surface area contributed by atoms with Crippen molar-refractivity contribution in [3.8, 4) is 5.75 Å². The molecule has 1 aromatic rings. The van der Waals surface area contributed by atoms with Gasteiger partial charge in [0.15, 0.2) is 5.78 Å². The SMILES string of the molecule is O=C1CC(C2CCCC2)Oc2cc(Br)ccc21. The normalized spacial score (nSPS) is 24.5. The van der Waals surface area contributed by atoms with Gasteiger partial charge in [0.1, 0.15) is 11.9 Å². The zero-order valence-corrected chi connectivity index (χ0v) is 11.2. The van der Waals surface area contributed by atoms with Crippen molar-refractivity contribution >= 4 is 21.7 Å². The lowest BCUT2D eigenvalue weighted by atomic mass is 9.91. The summed E-state index contributed by atoms with van der Waals surface area (Å²) in [5, 5.41) is 0. The highest BCUT2D eigenvalue weighted by atomic mass is 79.9. The number of ether oxygens (including phenoxy) is 1. The maximum Gasteiger partial charge on any atom is 0.170 e. The molecule has 1 atom stereocenters. The first kappa shape index (κ1) is 11.3. The van der Waals surface area contributed by atoms with Crippen LogP contribution in [-0.4, -0.2) is 11.9 Å². The fourth-order valence-corrected chi connectivity index (χ4v) is 3.25. The summed E-state index contributed by atoms with van der Waals surface area (Å²) in [7, 11) is 0. The molecule has 90 valence electrons. The number of halogens is 1. The topological polar surface area (TPSA) is 26.3 Å². The van der Waals surface area contributed by atoms with Crippen molar-refractivity contribution in [3.63, 3.8) is 0 Å². The molecule has 1 aliphatic heterocycles. The maximum absolute atomic E-state index is 12.1. The molecule has 0 radical (unpaired) electrons. The number of hydrogen-bond acceptors (Lipinski definition) is 2. The van der Waals surface area contributed by atoms with Gasteiger partial charge in [-0.15, -0.1) is 0 Å². The Bertz CT molecular complexity index is 450. The molecule has 1 unspecified atom stereocenters. The standard InChI is InChI=1S/C14H15BrO2/c15-10-5-6-11-12(16)8-13(17-14(11)7-10)9-3-1-2-4-9/h5-7,9,13H,1-4,8H2. The highest BCUT2D eigenvalue weighted by molar-refractivity contribution is 9.10. The number of rotatable bonds is 1. The van der Waals surface area contributed by atoms with Gasteiger partial charge in [0.2, 0.25) is 0 Å². The lowest BCUT2D eigenvalue weighted by Gasteiger charge is -2.29. The molecule has 2 nitrogen and oxygen atoms in total. The van der Waals surface area contributed by atoms with E-state index in [1.807, 2.05) is 18.2 Å². The van der Waals surface area contributed by atoms with Gasteiger partial charge in [-0.3, -0.25) is 4.79 Å². The number of carbonyl (C=O) groups excluding carboxylic acids is 1. The molecular weight excluding hydrogens is 280 g/mol. The van der Waals surface area contributed by atoms with Crippen LogP contribution in [0, 0.1) is 5.92 Å². The number of ketones is 1. The van der Waals surface area contributed by atoms with Gasteiger partial charge in [-0.1, -0.05) is 28.8 Å². The van der Waals surface area contributed by atoms with Crippen LogP contribution in [0.3, 0.4) is 0 Å². The third-order valence-corrected chi connectivity index (χ3v) is 4.33. The Kier molecular flexibility index (Phi) is 2.95. The summed E-state index contributed by atoms with van der Waals surface area (Å²) in [6, 6.07) is 5.66. The zero-order chi connectivity index (χ0) is 11.8. The van der Waals surface area contributed by atoms with E-state index in [0.29, 0.717) is 12.3 Å². The molecule has 0 aromatic heterocycles. The minimum Gasteiger partial charge on any atom is -0.489 e. The van der Waals surface area contributed by atoms with E-state index in [1.165, 1.54) is 25.7 Å². The molecule has 3 heteroatoms. The Morgan fingerprint density at radius 1 is 1.24 bits per heavy atom. The van der Waals surface area contributed by atoms with Crippen LogP contribution < -0.4 is 4.74 Å². The molecule has 0 spiro atoms. The zero-order valence-electron chi connectivity index (χ0n) is 9.62. The second-order valence-electron chi connectivity index (χ2n) is 4.97. The van der Waals surface area contributed by atoms with Crippen molar-refractivity contribution in [1.82, 2.24) is 0 Å². The number of fused-ring (bicyclic) bond motifs is 1. The lowest BCUT2D eigenvalue weighted by Crippen LogP contribution is -2.32. The predicted octanol–water partition coefficient (Wildman–Crippen LogP) is 3.97. The van der Waals surface area contributed by atoms with Crippen LogP contribution in [0.5, 0.6) is 5.75 Å². The maximum atomic E-state index is 12.1. The van der Waals surface area contributed by atoms with Crippen LogP contribution in [0.2, 0.25) is 0 Å². The number of Topliss-reactive ketones (excluding diaryl/α,β-unsaturated/α-hetero) is 1. The largest absolute Gasteiger partial charge is 0.489 e. The summed E-state index contributed by atoms with van der Waals surface area (Å²) in [5.41, 5.74) is 0.738. The van der Waals surface area contributed by atoms with Crippen molar-refractivity contribution in [3.05, 3.63) is 28.2 Å². The van der Waals surface area contributed by atoms with Crippen molar-refractivity contribution in [2.45, 2.75) is 38.2 Å². The minimum absolute atomic E-state index is 0.104. The molecule has 1 saturated carbocycles. The highest BCUT2D eigenvalue weighted by Gasteiger charge is 2.33. The Morgan fingerprint density at radius 2 is 2.00 bits per heavy atom. The molecule has 0 N–H and O–H groups in total. The molecule has 3 rings (SSSR count). The van der Waals surface area contributed by atoms with Crippen LogP contribution >= 0.6 is 15.9 Å². The van der Waals surface area contributed by atoms with E-state index in [2.05, 4.69) is 15.9 Å². The Morgan fingerprint density at radius 3 is 2.76 bits per heavy atom. The van der Waals surface area contributed by atoms with E-state index >= 15 is 0 Å². The predicted molar refractivity (Wildman–Crippen MR) is 69.5 cm³/mol. The van der Waals surface area contributed by atoms with Gasteiger partial charge in [0, 0.05) is 10.9 Å². The summed E-state index contributed by atoms with van der Waals surface area (Å²) in [5.74, 6) is 1.56. The van der Waals surface area contributed by atoms with Gasteiger partial charge in [0.25, 0.3) is 0 Å². The third kappa shape index (κ3) is 2.13. The van der Waals surface area contributed by atoms with Crippen molar-refractivity contribution in [2.75, 3.05) is 0 Å². The van der Waals surface area contributed by atoms with Gasteiger partial charge in [0.05, 0.1) is 5.56 Å². The molecule has 0 amide bonds. The first-order valence-corrected chi connectivity index (χ1v) is 7.03. The molecule has 1 aliphatic carbocycles. The average molecular weight is 295 g/mol. The molecule has 0 saturated heterocycles. The van der Waals surface area contributed by atoms with Gasteiger partial charge in [-0.2, -0.15) is 0 Å². The molecular formula is C14H15BrO2. The molecule has 17 heavy (non-hydrogen) atoms. The smallest absolute Gasteiger partial charge is 0.170 e. The van der Waals surface area contributed by atoms with E-state index < -0.39 is 0 Å². The Labute approximate surface area is 109 Å². The second-order valence-corrected chi connectivity index (χ2v) is 5.88. The second kappa shape index (κ2) is 4.45. The van der Waals surface area contributed by atoms with Gasteiger partial charge < -0.3 is 4.74 Å². The van der Waals surface area contributed by atoms with Crippen LogP contribution in [0.25, 0.3) is 0 Å². The number of hydrogen-bond donors (Lipinski definition) is 0. The first-order chi connectivity index (χ1) is 8.24. The van der Waals surface area contributed by atoms with Crippen LogP contribution in [-0.2, 0) is 0 Å². The van der Waals surface area contributed by atoms with Crippen molar-refractivity contribution < 1.29 is 9.53 Å². The van der Waals surface area contributed by atoms with Gasteiger partial charge in [-0.05, 0) is 37.0 Å². The molecule has 2 aliphatic rings. The van der Waals surface area contributed by atoms with E-state index in [9.17, 15) is 4.79 Å². The quantitative estimate of drug-likeness (QED) is 0.783. The summed E-state index contributed by atoms with van der Waals surface area (Å²) >= 11 is 3.42. The van der Waals surface area contributed by atoms with Crippen molar-refractivity contribution in [2.24, 2.45) is 5.92 Å². The van der Waals surface area contributed by atoms with E-state index in [-0.39, 0.29) is 11.9 Å². The van der Waals surface area contributed by atoms with Crippen LogP contribution in [0.4, 0.5) is 0 Å². The third-order valence-electron chi connectivity index (χ3n) is 3.83. The van der Waals surface area contributed by atoms with E-state index in [1.54, 1.807) is 0 Å². The summed E-state index contributed by atoms with van der Waals surface area (Å²) in [6.07, 6.45) is 5.64. The summed E-state index contributed by atoms with van der Waals surface area (Å²) < 4.78 is 6.98. The van der Waals surface area contributed by atoms with Gasteiger partial charge in [-0.25, -0.2) is 0 Å². The van der Waals surface area contributed by atoms with E-state index in [0.717, 1.165) is 15.8 Å². The molecule has 1 aromatic carbocycles. The Balaban J connectivity index is 1.88. The average Bonchev–Trinajstić information content (AvgIpc) is 2.81. The van der Waals surface area contributed by atoms with Crippen LogP contribution in [0.15, 0.2) is 22.7 Å². The summed E-state index contributed by atoms with van der Waals surface area (Å²) in [4.78, 5) is 12.1. The van der Waals surface area contributed by atoms with Crippen molar-refractivity contribution in [1.29, 1.82) is 0 Å². The Hall–Kier alpha value is -0.830. The first-order valence-electron chi connectivity index (χ1n) is 6.23. The fourth-order valence-electron chi connectivity index (χ4n) is 2.91. The summed E-state index contributed by atoms with van der Waals surface area (Å²) in [6.45, 7) is 0. The van der Waals surface area contributed by atoms with Crippen LogP contribution in [0.1, 0.15) is 42.5 Å². The minimum atomic E-state index is 0.104. The van der Waals surface area contributed by atoms with Gasteiger partial charge >= 0.3 is 0 Å². The van der Waals surface area contributed by atoms with E-state index in [4.69, 9.17) is 4.74 Å². The monoisotopic (exact) mass is 294 g/mol. The number of carbonyl (C=O) groups is 1. The molecule has 1 heterocycles. The molecule has 1 fully saturated rings. The number of benzene rings is 1.